The van der Waals surface area contributed by atoms with Crippen LogP contribution in [0.25, 0.3) is 11.0 Å². The average Bonchev–Trinajstić information content (AvgIpc) is 3.56. The van der Waals surface area contributed by atoms with Crippen LogP contribution < -0.4 is 0 Å². The van der Waals surface area contributed by atoms with E-state index in [1.165, 1.54) is 4.88 Å². The minimum Gasteiger partial charge on any atom is -0.325 e. The van der Waals surface area contributed by atoms with Crippen molar-refractivity contribution in [2.24, 2.45) is 11.8 Å². The number of Topliss-reactive ketones (excluding diaryl/α,β-unsaturated/α-hetero) is 1. The average molecular weight is 479 g/mol. The van der Waals surface area contributed by atoms with E-state index in [0.717, 1.165) is 48.1 Å². The lowest BCUT2D eigenvalue weighted by molar-refractivity contribution is 0.0955. The quantitative estimate of drug-likeness (QED) is 0.251. The lowest BCUT2D eigenvalue weighted by atomic mass is 9.88. The number of hydrogen-bond acceptors (Lipinski definition) is 6. The maximum absolute atomic E-state index is 13.3. The van der Waals surface area contributed by atoms with Gasteiger partial charge in [0.25, 0.3) is 0 Å². The number of nitrogens with zero attached hydrogens (tertiary/aromatic N) is 5. The fourth-order valence-electron chi connectivity index (χ4n) is 4.89. The molecule has 4 aromatic rings. The van der Waals surface area contributed by atoms with Crippen molar-refractivity contribution in [3.8, 4) is 0 Å². The van der Waals surface area contributed by atoms with Gasteiger partial charge >= 0.3 is 0 Å². The van der Waals surface area contributed by atoms with E-state index in [0.29, 0.717) is 30.6 Å². The number of aromatic nitrogens is 6. The van der Waals surface area contributed by atoms with Crippen LogP contribution in [-0.4, -0.2) is 36.0 Å². The standard InChI is InChI=1S/C26H34N6OS/c1-5-20(6-2)32-23-10-9-19(15-22(23)27-26(32)16-21-8-7-11-34-21)24(33)13-18(12-17(3)4)14-25-28-30-31-29-25/h7-11,15,17-18,20H,5-6,12-14,16H2,1-4H3,(H,28,29,30,31)/t18-/m1/s1. The van der Waals surface area contributed by atoms with Gasteiger partial charge in [0.05, 0.1) is 11.0 Å². The minimum absolute atomic E-state index is 0.146. The molecule has 3 aromatic heterocycles. The maximum atomic E-state index is 13.3. The summed E-state index contributed by atoms with van der Waals surface area (Å²) in [5, 5.41) is 16.5. The summed E-state index contributed by atoms with van der Waals surface area (Å²) in [4.78, 5) is 19.6. The Morgan fingerprint density at radius 3 is 2.65 bits per heavy atom. The fourth-order valence-corrected chi connectivity index (χ4v) is 5.59. The normalized spacial score (nSPS) is 12.8. The number of aromatic amines is 1. The third-order valence-electron chi connectivity index (χ3n) is 6.44. The molecule has 8 heteroatoms. The number of nitrogens with one attached hydrogen (secondary N) is 1. The summed E-state index contributed by atoms with van der Waals surface area (Å²) in [6, 6.07) is 10.7. The van der Waals surface area contributed by atoms with E-state index in [2.05, 4.69) is 76.5 Å². The Morgan fingerprint density at radius 2 is 2.00 bits per heavy atom. The first-order chi connectivity index (χ1) is 16.5. The van der Waals surface area contributed by atoms with Gasteiger partial charge in [-0.3, -0.25) is 4.79 Å². The molecule has 0 unspecified atom stereocenters. The van der Waals surface area contributed by atoms with E-state index in [1.54, 1.807) is 11.3 Å². The highest BCUT2D eigenvalue weighted by molar-refractivity contribution is 7.09. The molecule has 0 saturated heterocycles. The van der Waals surface area contributed by atoms with E-state index in [-0.39, 0.29) is 11.7 Å². The molecular formula is C26H34N6OS. The van der Waals surface area contributed by atoms with E-state index in [4.69, 9.17) is 4.98 Å². The third kappa shape index (κ3) is 5.60. The number of benzene rings is 1. The number of carbonyl (C=O) groups excluding carboxylic acids is 1. The lowest BCUT2D eigenvalue weighted by Crippen LogP contribution is -2.15. The van der Waals surface area contributed by atoms with Crippen LogP contribution in [0.5, 0.6) is 0 Å². The van der Waals surface area contributed by atoms with Crippen LogP contribution in [0.3, 0.4) is 0 Å². The Labute approximate surface area is 205 Å². The number of H-pyrrole nitrogens is 1. The summed E-state index contributed by atoms with van der Waals surface area (Å²) in [6.07, 6.45) is 4.97. The number of thiophene rings is 1. The predicted molar refractivity (Wildman–Crippen MR) is 136 cm³/mol. The van der Waals surface area contributed by atoms with Gasteiger partial charge in [-0.15, -0.1) is 21.5 Å². The largest absolute Gasteiger partial charge is 0.325 e. The van der Waals surface area contributed by atoms with Crippen molar-refractivity contribution in [1.29, 1.82) is 0 Å². The number of imidazole rings is 1. The number of rotatable bonds is 12. The molecule has 0 aliphatic rings. The molecule has 0 aliphatic heterocycles. The van der Waals surface area contributed by atoms with Crippen LogP contribution in [0.2, 0.25) is 0 Å². The van der Waals surface area contributed by atoms with Gasteiger partial charge in [-0.1, -0.05) is 39.0 Å². The van der Waals surface area contributed by atoms with Crippen molar-refractivity contribution in [2.45, 2.75) is 72.3 Å². The lowest BCUT2D eigenvalue weighted by Gasteiger charge is -2.19. The van der Waals surface area contributed by atoms with Crippen LogP contribution in [0.15, 0.2) is 35.7 Å². The summed E-state index contributed by atoms with van der Waals surface area (Å²) in [7, 11) is 0. The fraction of sp³-hybridized carbons (Fsp3) is 0.500. The molecular weight excluding hydrogens is 444 g/mol. The van der Waals surface area contributed by atoms with Crippen molar-refractivity contribution in [1.82, 2.24) is 30.2 Å². The van der Waals surface area contributed by atoms with Gasteiger partial charge < -0.3 is 4.57 Å². The third-order valence-corrected chi connectivity index (χ3v) is 7.32. The number of ketones is 1. The van der Waals surface area contributed by atoms with Crippen molar-refractivity contribution < 1.29 is 4.79 Å². The predicted octanol–water partition coefficient (Wildman–Crippen LogP) is 6.04. The van der Waals surface area contributed by atoms with Gasteiger partial charge in [0.2, 0.25) is 0 Å². The Balaban J connectivity index is 1.62. The zero-order chi connectivity index (χ0) is 24.1. The van der Waals surface area contributed by atoms with Crippen molar-refractivity contribution in [3.63, 3.8) is 0 Å². The Kier molecular flexibility index (Phi) is 7.88. The van der Waals surface area contributed by atoms with Gasteiger partial charge in [-0.25, -0.2) is 4.98 Å². The van der Waals surface area contributed by atoms with Crippen molar-refractivity contribution >= 4 is 28.2 Å². The number of hydrogen-bond donors (Lipinski definition) is 1. The highest BCUT2D eigenvalue weighted by Crippen LogP contribution is 2.29. The Hall–Kier alpha value is -2.87. The molecule has 1 atom stereocenters. The molecule has 4 rings (SSSR count). The summed E-state index contributed by atoms with van der Waals surface area (Å²) >= 11 is 1.76. The molecule has 0 radical (unpaired) electrons. The molecule has 7 nitrogen and oxygen atoms in total. The second-order valence-electron chi connectivity index (χ2n) is 9.48. The Morgan fingerprint density at radius 1 is 1.18 bits per heavy atom. The summed E-state index contributed by atoms with van der Waals surface area (Å²) < 4.78 is 2.39. The van der Waals surface area contributed by atoms with E-state index in [1.807, 2.05) is 12.1 Å². The molecule has 3 heterocycles. The molecule has 0 spiro atoms. The van der Waals surface area contributed by atoms with Gasteiger partial charge in [-0.2, -0.15) is 5.21 Å². The van der Waals surface area contributed by atoms with E-state index >= 15 is 0 Å². The van der Waals surface area contributed by atoms with Crippen molar-refractivity contribution in [3.05, 3.63) is 57.8 Å². The van der Waals surface area contributed by atoms with Gasteiger partial charge in [0, 0.05) is 35.7 Å². The maximum Gasteiger partial charge on any atom is 0.174 e. The first kappa shape index (κ1) is 24.3. The summed E-state index contributed by atoms with van der Waals surface area (Å²) in [6.45, 7) is 8.82. The van der Waals surface area contributed by atoms with Gasteiger partial charge in [-0.05, 0) is 60.7 Å². The van der Waals surface area contributed by atoms with Crippen molar-refractivity contribution in [2.75, 3.05) is 0 Å². The molecule has 0 aliphatic carbocycles. The molecule has 0 fully saturated rings. The molecule has 1 N–H and O–H groups in total. The zero-order valence-corrected chi connectivity index (χ0v) is 21.3. The first-order valence-electron chi connectivity index (χ1n) is 12.3. The zero-order valence-electron chi connectivity index (χ0n) is 20.5. The number of carbonyl (C=O) groups is 1. The summed E-state index contributed by atoms with van der Waals surface area (Å²) in [5.74, 6) is 2.55. The monoisotopic (exact) mass is 478 g/mol. The minimum atomic E-state index is 0.146. The molecule has 0 bridgehead atoms. The summed E-state index contributed by atoms with van der Waals surface area (Å²) in [5.41, 5.74) is 2.75. The smallest absolute Gasteiger partial charge is 0.174 e. The molecule has 0 amide bonds. The topological polar surface area (TPSA) is 89.4 Å². The highest BCUT2D eigenvalue weighted by Gasteiger charge is 2.22. The van der Waals surface area contributed by atoms with E-state index < -0.39 is 0 Å². The Bertz CT molecular complexity index is 1190. The second-order valence-corrected chi connectivity index (χ2v) is 10.5. The van der Waals surface area contributed by atoms with Crippen LogP contribution in [0.1, 0.15) is 86.3 Å². The first-order valence-corrected chi connectivity index (χ1v) is 13.1. The molecule has 1 aromatic carbocycles. The van der Waals surface area contributed by atoms with Gasteiger partial charge in [0.1, 0.15) is 5.82 Å². The highest BCUT2D eigenvalue weighted by atomic mass is 32.1. The van der Waals surface area contributed by atoms with Gasteiger partial charge in [0.15, 0.2) is 11.6 Å². The number of fused-ring (bicyclic) bond motifs is 1. The van der Waals surface area contributed by atoms with Crippen LogP contribution in [0, 0.1) is 11.8 Å². The molecule has 34 heavy (non-hydrogen) atoms. The van der Waals surface area contributed by atoms with Crippen LogP contribution in [0.4, 0.5) is 0 Å². The van der Waals surface area contributed by atoms with E-state index in [9.17, 15) is 4.79 Å². The molecule has 180 valence electrons. The number of tetrazole rings is 1. The van der Waals surface area contributed by atoms with Crippen LogP contribution >= 0.6 is 11.3 Å². The molecule has 0 saturated carbocycles. The SMILES string of the molecule is CCC(CC)n1c(Cc2cccs2)nc2cc(C(=O)C[C@H](Cc3nn[nH]n3)CC(C)C)ccc21. The second kappa shape index (κ2) is 11.0. The van der Waals surface area contributed by atoms with Crippen LogP contribution in [-0.2, 0) is 12.8 Å².